The molecule has 10 heteroatoms. The third kappa shape index (κ3) is 4.87. The van der Waals surface area contributed by atoms with Crippen molar-refractivity contribution >= 4 is 35.2 Å². The van der Waals surface area contributed by atoms with Crippen LogP contribution in [0.25, 0.3) is 6.08 Å². The van der Waals surface area contributed by atoms with Crippen LogP contribution in [0, 0.1) is 0 Å². The van der Waals surface area contributed by atoms with Gasteiger partial charge < -0.3 is 29.6 Å². The summed E-state index contributed by atoms with van der Waals surface area (Å²) in [7, 11) is 1.57. The van der Waals surface area contributed by atoms with Crippen LogP contribution < -0.4 is 10.2 Å². The molecule has 0 aliphatic carbocycles. The summed E-state index contributed by atoms with van der Waals surface area (Å²) in [6.45, 7) is 1.39. The number of methoxy groups -OCH3 is 1. The summed E-state index contributed by atoms with van der Waals surface area (Å²) in [6.07, 6.45) is 6.36. The average molecular weight is 439 g/mol. The number of aromatic nitrogens is 2. The van der Waals surface area contributed by atoms with E-state index in [0.29, 0.717) is 37.5 Å². The van der Waals surface area contributed by atoms with E-state index in [1.807, 2.05) is 0 Å². The van der Waals surface area contributed by atoms with Gasteiger partial charge in [0.15, 0.2) is 0 Å². The number of aromatic amines is 1. The van der Waals surface area contributed by atoms with Crippen LogP contribution in [-0.4, -0.2) is 78.1 Å². The maximum absolute atomic E-state index is 13.0. The lowest BCUT2D eigenvalue weighted by molar-refractivity contribution is -0.132. The van der Waals surface area contributed by atoms with Crippen molar-refractivity contribution in [3.8, 4) is 0 Å². The third-order valence-electron chi connectivity index (χ3n) is 5.54. The summed E-state index contributed by atoms with van der Waals surface area (Å²) in [4.78, 5) is 47.7. The van der Waals surface area contributed by atoms with Crippen molar-refractivity contribution in [2.24, 2.45) is 0 Å². The zero-order valence-corrected chi connectivity index (χ0v) is 17.7. The summed E-state index contributed by atoms with van der Waals surface area (Å²) in [5.41, 5.74) is 2.03. The molecule has 0 radical (unpaired) electrons. The fraction of sp³-hybridized carbons (Fsp3) is 0.364. The molecular formula is C22H25N5O5. The molecule has 2 N–H and O–H groups in total. The number of nitrogens with zero attached hydrogens (tertiary/aromatic N) is 3. The average Bonchev–Trinajstić information content (AvgIpc) is 3.48. The summed E-state index contributed by atoms with van der Waals surface area (Å²) >= 11 is 0. The van der Waals surface area contributed by atoms with Crippen LogP contribution in [0.1, 0.15) is 12.1 Å². The molecule has 0 saturated carbocycles. The van der Waals surface area contributed by atoms with Crippen molar-refractivity contribution in [3.63, 3.8) is 0 Å². The molecule has 2 aliphatic heterocycles. The number of amides is 3. The number of H-pyrrole nitrogens is 1. The molecule has 2 saturated heterocycles. The number of morpholine rings is 1. The Morgan fingerprint density at radius 1 is 1.31 bits per heavy atom. The van der Waals surface area contributed by atoms with Gasteiger partial charge in [-0.25, -0.2) is 4.98 Å². The van der Waals surface area contributed by atoms with Crippen molar-refractivity contribution in [1.29, 1.82) is 0 Å². The van der Waals surface area contributed by atoms with Gasteiger partial charge in [0.25, 0.3) is 5.91 Å². The number of hydrogen-bond donors (Lipinski definition) is 2. The molecule has 3 heterocycles. The molecule has 32 heavy (non-hydrogen) atoms. The minimum atomic E-state index is -0.653. The van der Waals surface area contributed by atoms with Gasteiger partial charge >= 0.3 is 0 Å². The first kappa shape index (κ1) is 21.7. The molecule has 2 fully saturated rings. The maximum atomic E-state index is 13.0. The summed E-state index contributed by atoms with van der Waals surface area (Å²) < 4.78 is 10.6. The molecule has 10 nitrogen and oxygen atoms in total. The number of benzene rings is 1. The number of nitrogens with one attached hydrogen (secondary N) is 2. The second kappa shape index (κ2) is 9.75. The minimum Gasteiger partial charge on any atom is -0.380 e. The highest BCUT2D eigenvalue weighted by Crippen LogP contribution is 2.24. The SMILES string of the molecule is CO[C@@H]1C[C@H](C(=O)Nc2ccc(N3CCOCC3=O)cc2)N(C(=O)C=Cc2cnc[nH]2)C1. The Morgan fingerprint density at radius 3 is 2.81 bits per heavy atom. The standard InChI is InChI=1S/C22H25N5O5/c1-31-18-10-19(27(12-18)20(28)7-4-16-11-23-14-24-16)22(30)25-15-2-5-17(6-3-15)26-8-9-32-13-21(26)29/h2-7,11,14,18-19H,8-10,12-13H2,1H3,(H,23,24)(H,25,30)/t18-,19-/m1/s1. The molecule has 0 bridgehead atoms. The smallest absolute Gasteiger partial charge is 0.253 e. The van der Waals surface area contributed by atoms with Crippen LogP contribution in [0.5, 0.6) is 0 Å². The van der Waals surface area contributed by atoms with Crippen molar-refractivity contribution in [2.45, 2.75) is 18.6 Å². The second-order valence-corrected chi connectivity index (χ2v) is 7.57. The molecule has 168 valence electrons. The van der Waals surface area contributed by atoms with E-state index < -0.39 is 6.04 Å². The summed E-state index contributed by atoms with van der Waals surface area (Å²) in [5, 5.41) is 2.87. The van der Waals surface area contributed by atoms with Gasteiger partial charge in [-0.1, -0.05) is 0 Å². The lowest BCUT2D eigenvalue weighted by atomic mass is 10.1. The Kier molecular flexibility index (Phi) is 6.62. The Balaban J connectivity index is 1.42. The van der Waals surface area contributed by atoms with E-state index in [1.54, 1.807) is 48.5 Å². The van der Waals surface area contributed by atoms with Gasteiger partial charge in [-0.2, -0.15) is 0 Å². The highest BCUT2D eigenvalue weighted by atomic mass is 16.5. The third-order valence-corrected chi connectivity index (χ3v) is 5.54. The fourth-order valence-electron chi connectivity index (χ4n) is 3.82. The quantitative estimate of drug-likeness (QED) is 0.650. The zero-order valence-electron chi connectivity index (χ0n) is 17.7. The lowest BCUT2D eigenvalue weighted by Crippen LogP contribution is -2.42. The first-order valence-electron chi connectivity index (χ1n) is 10.3. The van der Waals surface area contributed by atoms with Crippen LogP contribution in [0.4, 0.5) is 11.4 Å². The Hall–Kier alpha value is -3.50. The summed E-state index contributed by atoms with van der Waals surface area (Å²) in [6, 6.07) is 6.38. The van der Waals surface area contributed by atoms with Crippen molar-refractivity contribution in [3.05, 3.63) is 48.6 Å². The number of ether oxygens (including phenoxy) is 2. The number of likely N-dealkylation sites (tertiary alicyclic amines) is 1. The molecule has 0 unspecified atom stereocenters. The molecule has 2 aliphatic rings. The van der Waals surface area contributed by atoms with Gasteiger partial charge in [-0.3, -0.25) is 14.4 Å². The van der Waals surface area contributed by atoms with Gasteiger partial charge in [-0.15, -0.1) is 0 Å². The van der Waals surface area contributed by atoms with Crippen LogP contribution in [0.2, 0.25) is 0 Å². The van der Waals surface area contributed by atoms with Crippen molar-refractivity contribution in [1.82, 2.24) is 14.9 Å². The molecule has 1 aromatic heterocycles. The van der Waals surface area contributed by atoms with Crippen LogP contribution in [-0.2, 0) is 23.9 Å². The molecule has 1 aromatic carbocycles. The zero-order chi connectivity index (χ0) is 22.5. The first-order chi connectivity index (χ1) is 15.5. The van der Waals surface area contributed by atoms with Crippen LogP contribution in [0.15, 0.2) is 42.9 Å². The topological polar surface area (TPSA) is 117 Å². The van der Waals surface area contributed by atoms with Gasteiger partial charge in [0.1, 0.15) is 12.6 Å². The predicted octanol–water partition coefficient (Wildman–Crippen LogP) is 1.04. The number of carbonyl (C=O) groups excluding carboxylic acids is 3. The fourth-order valence-corrected chi connectivity index (χ4v) is 3.82. The van der Waals surface area contributed by atoms with Crippen molar-refractivity contribution in [2.75, 3.05) is 43.6 Å². The van der Waals surface area contributed by atoms with E-state index in [-0.39, 0.29) is 30.4 Å². The minimum absolute atomic E-state index is 0.0690. The number of rotatable bonds is 6. The Bertz CT molecular complexity index is 989. The van der Waals surface area contributed by atoms with E-state index in [2.05, 4.69) is 15.3 Å². The number of imidazole rings is 1. The van der Waals surface area contributed by atoms with Gasteiger partial charge in [0.05, 0.1) is 30.9 Å². The van der Waals surface area contributed by atoms with Gasteiger partial charge in [-0.05, 0) is 30.3 Å². The van der Waals surface area contributed by atoms with E-state index >= 15 is 0 Å². The highest BCUT2D eigenvalue weighted by molar-refractivity contribution is 6.01. The molecule has 0 spiro atoms. The molecule has 2 aromatic rings. The molecule has 3 amide bonds. The first-order valence-corrected chi connectivity index (χ1v) is 10.3. The Labute approximate surface area is 185 Å². The lowest BCUT2D eigenvalue weighted by Gasteiger charge is -2.27. The van der Waals surface area contributed by atoms with Gasteiger partial charge in [0.2, 0.25) is 11.8 Å². The number of anilines is 2. The largest absolute Gasteiger partial charge is 0.380 e. The van der Waals surface area contributed by atoms with E-state index in [4.69, 9.17) is 9.47 Å². The van der Waals surface area contributed by atoms with E-state index in [1.165, 1.54) is 17.3 Å². The molecule has 2 atom stereocenters. The highest BCUT2D eigenvalue weighted by Gasteiger charge is 2.39. The number of carbonyl (C=O) groups is 3. The van der Waals surface area contributed by atoms with Gasteiger partial charge in [0, 0.05) is 44.1 Å². The van der Waals surface area contributed by atoms with E-state index in [0.717, 1.165) is 5.69 Å². The number of hydrogen-bond acceptors (Lipinski definition) is 6. The Morgan fingerprint density at radius 2 is 2.12 bits per heavy atom. The normalized spacial score (nSPS) is 21.3. The van der Waals surface area contributed by atoms with E-state index in [9.17, 15) is 14.4 Å². The van der Waals surface area contributed by atoms with Crippen molar-refractivity contribution < 1.29 is 23.9 Å². The van der Waals surface area contributed by atoms with Crippen LogP contribution in [0.3, 0.4) is 0 Å². The molecular weight excluding hydrogens is 414 g/mol. The monoisotopic (exact) mass is 439 g/mol. The molecule has 4 rings (SSSR count). The van der Waals surface area contributed by atoms with Crippen LogP contribution >= 0.6 is 0 Å². The maximum Gasteiger partial charge on any atom is 0.253 e. The predicted molar refractivity (Wildman–Crippen MR) is 117 cm³/mol. The summed E-state index contributed by atoms with van der Waals surface area (Å²) in [5.74, 6) is -0.662. The second-order valence-electron chi connectivity index (χ2n) is 7.57.